The molecule has 1 aliphatic rings. The van der Waals surface area contributed by atoms with Crippen molar-refractivity contribution in [3.05, 3.63) is 18.1 Å². The summed E-state index contributed by atoms with van der Waals surface area (Å²) in [5.41, 5.74) is 5.15. The van der Waals surface area contributed by atoms with Crippen molar-refractivity contribution < 1.29 is 13.7 Å². The van der Waals surface area contributed by atoms with Gasteiger partial charge in [-0.1, -0.05) is 0 Å². The molecule has 0 atom stereocenters. The van der Waals surface area contributed by atoms with Gasteiger partial charge in [0.1, 0.15) is 5.82 Å². The Morgan fingerprint density at radius 3 is 2.18 bits per heavy atom. The topological polar surface area (TPSA) is 57.4 Å². The number of nitrogens with two attached hydrogens (primary N) is 1. The predicted molar refractivity (Wildman–Crippen MR) is 64.3 cm³/mol. The van der Waals surface area contributed by atoms with E-state index < -0.39 is 24.3 Å². The fourth-order valence-electron chi connectivity index (χ4n) is 1.65. The van der Waals surface area contributed by atoms with Gasteiger partial charge in [-0.3, -0.25) is 0 Å². The number of rotatable bonds is 1. The van der Waals surface area contributed by atoms with Crippen LogP contribution in [0, 0.1) is 5.95 Å². The van der Waals surface area contributed by atoms with Crippen LogP contribution < -0.4 is 11.2 Å². The van der Waals surface area contributed by atoms with Crippen LogP contribution in [0.1, 0.15) is 27.7 Å². The molecule has 2 rings (SSSR count). The first kappa shape index (κ1) is 12.3. The van der Waals surface area contributed by atoms with Gasteiger partial charge in [-0.05, 0) is 45.3 Å². The number of aromatic nitrogens is 1. The molecule has 1 aromatic rings. The Morgan fingerprint density at radius 2 is 1.71 bits per heavy atom. The van der Waals surface area contributed by atoms with Crippen molar-refractivity contribution in [1.29, 1.82) is 0 Å². The first-order chi connectivity index (χ1) is 7.71. The maximum atomic E-state index is 13.2. The van der Waals surface area contributed by atoms with Crippen LogP contribution in [0.5, 0.6) is 0 Å². The summed E-state index contributed by atoms with van der Waals surface area (Å²) >= 11 is 0. The predicted octanol–water partition coefficient (Wildman–Crippen LogP) is 1.10. The minimum atomic E-state index is -0.630. The van der Waals surface area contributed by atoms with Crippen LogP contribution in [-0.2, 0) is 9.31 Å². The Hall–Kier alpha value is -1.14. The van der Waals surface area contributed by atoms with Gasteiger partial charge in [0.2, 0.25) is 5.95 Å². The van der Waals surface area contributed by atoms with Gasteiger partial charge in [-0.2, -0.15) is 4.39 Å². The molecule has 0 aliphatic carbocycles. The summed E-state index contributed by atoms with van der Waals surface area (Å²) < 4.78 is 24.7. The monoisotopic (exact) mass is 238 g/mol. The van der Waals surface area contributed by atoms with Crippen LogP contribution in [-0.4, -0.2) is 23.3 Å². The minimum absolute atomic E-state index is 0.120. The standard InChI is InChI=1S/C11H16BFN2O2/c1-10(2)11(3,4)17-12(16-10)7-5-8(13)15-9(14)6-7/h5-6H,1-4H3,(H2,14,15). The second-order valence-electron chi connectivity index (χ2n) is 5.24. The van der Waals surface area contributed by atoms with E-state index in [4.69, 9.17) is 15.0 Å². The average molecular weight is 238 g/mol. The molecule has 0 amide bonds. The Balaban J connectivity index is 2.32. The lowest BCUT2D eigenvalue weighted by Gasteiger charge is -2.32. The minimum Gasteiger partial charge on any atom is -0.399 e. The lowest BCUT2D eigenvalue weighted by atomic mass is 9.79. The van der Waals surface area contributed by atoms with Gasteiger partial charge in [0, 0.05) is 0 Å². The largest absolute Gasteiger partial charge is 0.495 e. The Kier molecular flexibility index (Phi) is 2.67. The van der Waals surface area contributed by atoms with Crippen LogP contribution in [0.3, 0.4) is 0 Å². The lowest BCUT2D eigenvalue weighted by Crippen LogP contribution is -2.41. The summed E-state index contributed by atoms with van der Waals surface area (Å²) in [7, 11) is -0.611. The molecule has 1 saturated heterocycles. The van der Waals surface area contributed by atoms with E-state index in [2.05, 4.69) is 4.98 Å². The zero-order valence-electron chi connectivity index (χ0n) is 10.5. The van der Waals surface area contributed by atoms with Crippen molar-refractivity contribution in [3.8, 4) is 0 Å². The van der Waals surface area contributed by atoms with E-state index >= 15 is 0 Å². The summed E-state index contributed by atoms with van der Waals surface area (Å²) in [5.74, 6) is -0.510. The second-order valence-corrected chi connectivity index (χ2v) is 5.24. The summed E-state index contributed by atoms with van der Waals surface area (Å²) in [4.78, 5) is 3.48. The van der Waals surface area contributed by atoms with Crippen LogP contribution in [0.2, 0.25) is 0 Å². The second kappa shape index (κ2) is 3.68. The number of pyridine rings is 1. The number of hydrogen-bond acceptors (Lipinski definition) is 4. The Labute approximate surface area is 100 Å². The van der Waals surface area contributed by atoms with Gasteiger partial charge in [0.25, 0.3) is 0 Å². The molecule has 92 valence electrons. The zero-order valence-corrected chi connectivity index (χ0v) is 10.5. The zero-order chi connectivity index (χ0) is 12.8. The first-order valence-electron chi connectivity index (χ1n) is 5.50. The van der Waals surface area contributed by atoms with Crippen molar-refractivity contribution in [2.75, 3.05) is 5.73 Å². The molecule has 1 aromatic heterocycles. The molecule has 4 nitrogen and oxygen atoms in total. The molecule has 2 N–H and O–H groups in total. The normalized spacial score (nSPS) is 21.8. The van der Waals surface area contributed by atoms with E-state index in [1.807, 2.05) is 27.7 Å². The molecule has 2 heterocycles. The smallest absolute Gasteiger partial charge is 0.399 e. The Bertz CT molecular complexity index is 415. The van der Waals surface area contributed by atoms with Gasteiger partial charge in [-0.25, -0.2) is 4.98 Å². The average Bonchev–Trinajstić information content (AvgIpc) is 2.34. The third kappa shape index (κ3) is 2.15. The molecular formula is C11H16BFN2O2. The lowest BCUT2D eigenvalue weighted by molar-refractivity contribution is 0.00578. The number of nitrogens with zero attached hydrogens (tertiary/aromatic N) is 1. The molecule has 0 bridgehead atoms. The SMILES string of the molecule is CC1(C)OB(c2cc(N)nc(F)c2)OC1(C)C. The van der Waals surface area contributed by atoms with Crippen molar-refractivity contribution in [2.45, 2.75) is 38.9 Å². The van der Waals surface area contributed by atoms with Gasteiger partial charge >= 0.3 is 7.12 Å². The highest BCUT2D eigenvalue weighted by Gasteiger charge is 2.51. The number of nitrogen functional groups attached to an aromatic ring is 1. The Morgan fingerprint density at radius 1 is 1.18 bits per heavy atom. The molecule has 0 unspecified atom stereocenters. The molecule has 0 radical (unpaired) electrons. The van der Waals surface area contributed by atoms with Crippen LogP contribution in [0.4, 0.5) is 10.2 Å². The quantitative estimate of drug-likeness (QED) is 0.588. The van der Waals surface area contributed by atoms with E-state index in [0.29, 0.717) is 5.46 Å². The molecule has 0 aromatic carbocycles. The molecule has 17 heavy (non-hydrogen) atoms. The highest BCUT2D eigenvalue weighted by atomic mass is 19.1. The third-order valence-corrected chi connectivity index (χ3v) is 3.36. The van der Waals surface area contributed by atoms with E-state index in [1.54, 1.807) is 6.07 Å². The maximum absolute atomic E-state index is 13.2. The number of anilines is 1. The van der Waals surface area contributed by atoms with Crippen molar-refractivity contribution >= 4 is 18.4 Å². The molecule has 1 aliphatic heterocycles. The van der Waals surface area contributed by atoms with Crippen molar-refractivity contribution in [3.63, 3.8) is 0 Å². The highest BCUT2D eigenvalue weighted by molar-refractivity contribution is 6.62. The molecule has 0 spiro atoms. The number of halogens is 1. The van der Waals surface area contributed by atoms with Gasteiger partial charge in [0.05, 0.1) is 11.2 Å². The first-order valence-corrected chi connectivity index (χ1v) is 5.50. The van der Waals surface area contributed by atoms with E-state index in [-0.39, 0.29) is 5.82 Å². The summed E-state index contributed by atoms with van der Waals surface area (Å²) in [6.45, 7) is 7.75. The van der Waals surface area contributed by atoms with E-state index in [0.717, 1.165) is 0 Å². The fraction of sp³-hybridized carbons (Fsp3) is 0.545. The summed E-state index contributed by atoms with van der Waals surface area (Å²) in [6, 6.07) is 2.84. The van der Waals surface area contributed by atoms with Crippen LogP contribution in [0.15, 0.2) is 12.1 Å². The van der Waals surface area contributed by atoms with Crippen LogP contribution in [0.25, 0.3) is 0 Å². The van der Waals surface area contributed by atoms with Gasteiger partial charge in [-0.15, -0.1) is 0 Å². The number of hydrogen-bond donors (Lipinski definition) is 1. The third-order valence-electron chi connectivity index (χ3n) is 3.36. The molecule has 1 fully saturated rings. The highest BCUT2D eigenvalue weighted by Crippen LogP contribution is 2.36. The molecular weight excluding hydrogens is 222 g/mol. The molecule has 6 heteroatoms. The summed E-state index contributed by atoms with van der Waals surface area (Å²) in [5, 5.41) is 0. The maximum Gasteiger partial charge on any atom is 0.495 e. The van der Waals surface area contributed by atoms with Crippen molar-refractivity contribution in [1.82, 2.24) is 4.98 Å². The molecule has 0 saturated carbocycles. The van der Waals surface area contributed by atoms with Gasteiger partial charge < -0.3 is 15.0 Å². The van der Waals surface area contributed by atoms with Gasteiger partial charge in [0.15, 0.2) is 0 Å². The van der Waals surface area contributed by atoms with E-state index in [1.165, 1.54) is 6.07 Å². The van der Waals surface area contributed by atoms with Crippen LogP contribution >= 0.6 is 0 Å². The fourth-order valence-corrected chi connectivity index (χ4v) is 1.65. The van der Waals surface area contributed by atoms with Crippen molar-refractivity contribution in [2.24, 2.45) is 0 Å². The summed E-state index contributed by atoms with van der Waals surface area (Å²) in [6.07, 6.45) is 0. The van der Waals surface area contributed by atoms with E-state index in [9.17, 15) is 4.39 Å².